The number of para-hydroxylation sites is 2. The van der Waals surface area contributed by atoms with Crippen molar-refractivity contribution < 1.29 is 27.5 Å². The van der Waals surface area contributed by atoms with Gasteiger partial charge in [-0.15, -0.1) is 0 Å². The third-order valence-electron chi connectivity index (χ3n) is 1.64. The van der Waals surface area contributed by atoms with Gasteiger partial charge in [0.2, 0.25) is 0 Å². The van der Waals surface area contributed by atoms with E-state index in [2.05, 4.69) is 4.98 Å². The second-order valence-electron chi connectivity index (χ2n) is 3.00. The van der Waals surface area contributed by atoms with Gasteiger partial charge in [-0.25, -0.2) is 9.78 Å². The molecule has 1 aromatic heterocycles. The summed E-state index contributed by atoms with van der Waals surface area (Å²) in [7, 11) is 0. The van der Waals surface area contributed by atoms with Crippen molar-refractivity contribution in [3.05, 3.63) is 30.2 Å². The van der Waals surface area contributed by atoms with Crippen LogP contribution in [0.2, 0.25) is 0 Å². The molecule has 0 aliphatic rings. The maximum atomic E-state index is 10.6. The van der Waals surface area contributed by atoms with E-state index in [1.165, 1.54) is 0 Å². The normalized spacial score (nSPS) is 10.8. The Bertz CT molecular complexity index is 486. The first-order chi connectivity index (χ1) is 7.80. The van der Waals surface area contributed by atoms with Crippen LogP contribution in [0, 0.1) is 6.92 Å². The Balaban J connectivity index is 0.000000185. The Labute approximate surface area is 93.7 Å². The molecule has 1 N–H and O–H groups in total. The Morgan fingerprint density at radius 2 is 1.88 bits per heavy atom. The quantitative estimate of drug-likeness (QED) is 0.777. The van der Waals surface area contributed by atoms with Crippen molar-refractivity contribution in [2.45, 2.75) is 13.1 Å². The minimum Gasteiger partial charge on any atom is -0.475 e. The minimum atomic E-state index is -5.08. The summed E-state index contributed by atoms with van der Waals surface area (Å²) in [4.78, 5) is 13.0. The van der Waals surface area contributed by atoms with Gasteiger partial charge in [0.05, 0.1) is 0 Å². The van der Waals surface area contributed by atoms with Crippen LogP contribution in [-0.2, 0) is 4.79 Å². The van der Waals surface area contributed by atoms with Crippen LogP contribution >= 0.6 is 0 Å². The predicted molar refractivity (Wildman–Crippen MR) is 52.4 cm³/mol. The molecule has 0 aliphatic heterocycles. The van der Waals surface area contributed by atoms with E-state index in [1.807, 2.05) is 31.2 Å². The van der Waals surface area contributed by atoms with Crippen molar-refractivity contribution in [1.82, 2.24) is 4.98 Å². The first-order valence-corrected chi connectivity index (χ1v) is 4.43. The molecule has 1 aromatic carbocycles. The standard InChI is InChI=1S/C8H7NO.C2HF3O2/c1-6-9-7-4-2-3-5-8(7)10-6;3-2(4,5)1(6)7/h2-5H,1H3;(H,6,7). The molecule has 0 unspecified atom stereocenters. The molecule has 17 heavy (non-hydrogen) atoms. The molecule has 0 amide bonds. The Hall–Kier alpha value is -2.05. The lowest BCUT2D eigenvalue weighted by atomic mass is 10.3. The van der Waals surface area contributed by atoms with E-state index in [0.717, 1.165) is 17.0 Å². The van der Waals surface area contributed by atoms with Gasteiger partial charge in [0.15, 0.2) is 11.5 Å². The van der Waals surface area contributed by atoms with Crippen LogP contribution in [0.1, 0.15) is 5.89 Å². The van der Waals surface area contributed by atoms with Crippen molar-refractivity contribution in [3.8, 4) is 0 Å². The molecule has 0 spiro atoms. The number of fused-ring (bicyclic) bond motifs is 1. The number of carbonyl (C=O) groups is 1. The zero-order chi connectivity index (χ0) is 13.1. The fraction of sp³-hybridized carbons (Fsp3) is 0.200. The molecule has 0 bridgehead atoms. The van der Waals surface area contributed by atoms with E-state index in [0.29, 0.717) is 0 Å². The molecule has 0 aliphatic carbocycles. The summed E-state index contributed by atoms with van der Waals surface area (Å²) < 4.78 is 37.0. The zero-order valence-electron chi connectivity index (χ0n) is 8.65. The smallest absolute Gasteiger partial charge is 0.475 e. The highest BCUT2D eigenvalue weighted by Crippen LogP contribution is 2.13. The highest BCUT2D eigenvalue weighted by atomic mass is 19.4. The zero-order valence-corrected chi connectivity index (χ0v) is 8.65. The van der Waals surface area contributed by atoms with Crippen molar-refractivity contribution in [3.63, 3.8) is 0 Å². The molecular weight excluding hydrogens is 239 g/mol. The lowest BCUT2D eigenvalue weighted by molar-refractivity contribution is -0.192. The Morgan fingerprint density at radius 3 is 2.35 bits per heavy atom. The number of benzene rings is 1. The van der Waals surface area contributed by atoms with Crippen LogP contribution in [0.3, 0.4) is 0 Å². The molecular formula is C10H8F3NO3. The summed E-state index contributed by atoms with van der Waals surface area (Å²) in [5.41, 5.74) is 1.79. The number of alkyl halides is 3. The third-order valence-corrected chi connectivity index (χ3v) is 1.64. The van der Waals surface area contributed by atoms with Gasteiger partial charge in [0, 0.05) is 6.92 Å². The van der Waals surface area contributed by atoms with E-state index in [4.69, 9.17) is 14.3 Å². The predicted octanol–water partition coefficient (Wildman–Crippen LogP) is 2.77. The summed E-state index contributed by atoms with van der Waals surface area (Å²) in [6, 6.07) is 7.73. The first-order valence-electron chi connectivity index (χ1n) is 4.43. The summed E-state index contributed by atoms with van der Waals surface area (Å²) in [6.07, 6.45) is -5.08. The van der Waals surface area contributed by atoms with E-state index in [9.17, 15) is 13.2 Å². The molecule has 0 atom stereocenters. The van der Waals surface area contributed by atoms with Crippen LogP contribution < -0.4 is 0 Å². The Morgan fingerprint density at radius 1 is 1.35 bits per heavy atom. The Kier molecular flexibility index (Phi) is 3.72. The van der Waals surface area contributed by atoms with Gasteiger partial charge in [0.1, 0.15) is 5.52 Å². The highest BCUT2D eigenvalue weighted by Gasteiger charge is 2.38. The average Bonchev–Trinajstić information content (AvgIpc) is 2.57. The number of hydrogen-bond donors (Lipinski definition) is 1. The lowest BCUT2D eigenvalue weighted by Crippen LogP contribution is -2.21. The number of halogens is 3. The molecule has 0 fully saturated rings. The number of oxazole rings is 1. The number of nitrogens with zero attached hydrogens (tertiary/aromatic N) is 1. The van der Waals surface area contributed by atoms with Crippen LogP contribution in [-0.4, -0.2) is 22.2 Å². The van der Waals surface area contributed by atoms with Gasteiger partial charge in [-0.3, -0.25) is 0 Å². The summed E-state index contributed by atoms with van der Waals surface area (Å²) in [5.74, 6) is -2.03. The van der Waals surface area contributed by atoms with Gasteiger partial charge >= 0.3 is 12.1 Å². The average molecular weight is 247 g/mol. The van der Waals surface area contributed by atoms with E-state index >= 15 is 0 Å². The van der Waals surface area contributed by atoms with Crippen molar-refractivity contribution in [2.24, 2.45) is 0 Å². The minimum absolute atomic E-state index is 0.723. The second kappa shape index (κ2) is 4.86. The van der Waals surface area contributed by atoms with Crippen LogP contribution in [0.4, 0.5) is 13.2 Å². The number of hydrogen-bond acceptors (Lipinski definition) is 3. The third kappa shape index (κ3) is 3.78. The van der Waals surface area contributed by atoms with Crippen LogP contribution in [0.25, 0.3) is 11.1 Å². The summed E-state index contributed by atoms with van der Waals surface area (Å²) >= 11 is 0. The summed E-state index contributed by atoms with van der Waals surface area (Å²) in [5, 5.41) is 7.12. The van der Waals surface area contributed by atoms with Crippen molar-refractivity contribution in [1.29, 1.82) is 0 Å². The number of aryl methyl sites for hydroxylation is 1. The number of aliphatic carboxylic acids is 1. The monoisotopic (exact) mass is 247 g/mol. The van der Waals surface area contributed by atoms with Crippen molar-refractivity contribution in [2.75, 3.05) is 0 Å². The van der Waals surface area contributed by atoms with Gasteiger partial charge in [-0.2, -0.15) is 13.2 Å². The molecule has 92 valence electrons. The van der Waals surface area contributed by atoms with Gasteiger partial charge < -0.3 is 9.52 Å². The van der Waals surface area contributed by atoms with E-state index in [-0.39, 0.29) is 0 Å². The molecule has 1 heterocycles. The van der Waals surface area contributed by atoms with Gasteiger partial charge in [0.25, 0.3) is 0 Å². The SMILES string of the molecule is Cc1nc2ccccc2o1.O=C(O)C(F)(F)F. The molecule has 0 saturated heterocycles. The molecule has 7 heteroatoms. The molecule has 2 aromatic rings. The molecule has 4 nitrogen and oxygen atoms in total. The molecule has 2 rings (SSSR count). The van der Waals surface area contributed by atoms with Gasteiger partial charge in [-0.05, 0) is 12.1 Å². The number of rotatable bonds is 0. The topological polar surface area (TPSA) is 63.3 Å². The molecule has 0 saturated carbocycles. The fourth-order valence-corrected chi connectivity index (χ4v) is 0.987. The lowest BCUT2D eigenvalue weighted by Gasteiger charge is -1.93. The van der Waals surface area contributed by atoms with Crippen molar-refractivity contribution >= 4 is 17.1 Å². The number of carboxylic acids is 1. The van der Waals surface area contributed by atoms with E-state index < -0.39 is 12.1 Å². The molecule has 0 radical (unpaired) electrons. The maximum absolute atomic E-state index is 10.6. The number of aromatic nitrogens is 1. The maximum Gasteiger partial charge on any atom is 0.490 e. The number of carboxylic acid groups (broad SMARTS) is 1. The van der Waals surface area contributed by atoms with Crippen LogP contribution in [0.5, 0.6) is 0 Å². The summed E-state index contributed by atoms with van der Waals surface area (Å²) in [6.45, 7) is 1.85. The second-order valence-corrected chi connectivity index (χ2v) is 3.00. The first kappa shape index (κ1) is 13.0. The fourth-order valence-electron chi connectivity index (χ4n) is 0.987. The van der Waals surface area contributed by atoms with E-state index in [1.54, 1.807) is 0 Å². The largest absolute Gasteiger partial charge is 0.490 e. The van der Waals surface area contributed by atoms with Crippen LogP contribution in [0.15, 0.2) is 28.7 Å². The van der Waals surface area contributed by atoms with Gasteiger partial charge in [-0.1, -0.05) is 12.1 Å². The highest BCUT2D eigenvalue weighted by molar-refractivity contribution is 5.73.